The normalized spacial score (nSPS) is 19.0. The summed E-state index contributed by atoms with van der Waals surface area (Å²) in [4.78, 5) is 2.39. The van der Waals surface area contributed by atoms with Gasteiger partial charge in [-0.25, -0.2) is 0 Å². The Kier molecular flexibility index (Phi) is 3.62. The second-order valence-electron chi connectivity index (χ2n) is 4.37. The quantitative estimate of drug-likeness (QED) is 0.751. The fourth-order valence-corrected chi connectivity index (χ4v) is 1.96. The van der Waals surface area contributed by atoms with Gasteiger partial charge in [0.15, 0.2) is 0 Å². The molecule has 1 aromatic rings. The van der Waals surface area contributed by atoms with E-state index in [1.54, 1.807) is 0 Å². The van der Waals surface area contributed by atoms with Crippen molar-refractivity contribution in [1.29, 1.82) is 0 Å². The molecule has 0 unspecified atom stereocenters. The maximum atomic E-state index is 5.76. The fourth-order valence-electron chi connectivity index (χ4n) is 1.96. The van der Waals surface area contributed by atoms with E-state index in [1.165, 1.54) is 25.9 Å². The molecule has 1 aromatic carbocycles. The molecule has 1 aliphatic rings. The Labute approximate surface area is 91.9 Å². The number of rotatable bonds is 3. The first-order valence-electron chi connectivity index (χ1n) is 5.71. The van der Waals surface area contributed by atoms with Gasteiger partial charge in [0.25, 0.3) is 0 Å². The molecule has 1 saturated heterocycles. The van der Waals surface area contributed by atoms with Crippen molar-refractivity contribution < 1.29 is 4.74 Å². The van der Waals surface area contributed by atoms with E-state index in [2.05, 4.69) is 11.9 Å². The van der Waals surface area contributed by atoms with Crippen LogP contribution in [-0.4, -0.2) is 31.6 Å². The highest BCUT2D eigenvalue weighted by molar-refractivity contribution is 5.20. The first kappa shape index (κ1) is 10.5. The summed E-state index contributed by atoms with van der Waals surface area (Å²) in [5.74, 6) is 1.73. The lowest BCUT2D eigenvalue weighted by Crippen LogP contribution is -2.32. The van der Waals surface area contributed by atoms with Crippen LogP contribution in [0.15, 0.2) is 30.3 Å². The van der Waals surface area contributed by atoms with Crippen LogP contribution in [-0.2, 0) is 0 Å². The average Bonchev–Trinajstić information content (AvgIpc) is 2.30. The molecule has 1 heterocycles. The molecule has 2 rings (SSSR count). The van der Waals surface area contributed by atoms with Crippen molar-refractivity contribution in [2.75, 3.05) is 26.7 Å². The van der Waals surface area contributed by atoms with Gasteiger partial charge in [-0.2, -0.15) is 0 Å². The zero-order valence-corrected chi connectivity index (χ0v) is 9.36. The Morgan fingerprint density at radius 1 is 1.20 bits per heavy atom. The summed E-state index contributed by atoms with van der Waals surface area (Å²) in [5.41, 5.74) is 0. The molecule has 0 saturated carbocycles. The van der Waals surface area contributed by atoms with Crippen LogP contribution in [0.2, 0.25) is 0 Å². The molecule has 82 valence electrons. The summed E-state index contributed by atoms with van der Waals surface area (Å²) < 4.78 is 5.76. The van der Waals surface area contributed by atoms with Gasteiger partial charge in [0.2, 0.25) is 0 Å². The minimum absolute atomic E-state index is 0.737. The number of benzene rings is 1. The van der Waals surface area contributed by atoms with Crippen LogP contribution in [0.1, 0.15) is 12.8 Å². The number of hydrogen-bond donors (Lipinski definition) is 0. The molecular weight excluding hydrogens is 186 g/mol. The molecule has 0 aliphatic carbocycles. The van der Waals surface area contributed by atoms with Gasteiger partial charge in [-0.1, -0.05) is 18.2 Å². The van der Waals surface area contributed by atoms with Gasteiger partial charge < -0.3 is 9.64 Å². The van der Waals surface area contributed by atoms with Crippen molar-refractivity contribution in [3.8, 4) is 5.75 Å². The van der Waals surface area contributed by atoms with Gasteiger partial charge >= 0.3 is 0 Å². The van der Waals surface area contributed by atoms with Crippen LogP contribution in [0.5, 0.6) is 5.75 Å². The predicted molar refractivity (Wildman–Crippen MR) is 62.2 cm³/mol. The van der Waals surface area contributed by atoms with Crippen molar-refractivity contribution >= 4 is 0 Å². The minimum atomic E-state index is 0.737. The van der Waals surface area contributed by atoms with Crippen molar-refractivity contribution in [3.05, 3.63) is 30.3 Å². The molecule has 0 N–H and O–H groups in total. The molecule has 0 amide bonds. The van der Waals surface area contributed by atoms with E-state index in [1.807, 2.05) is 30.3 Å². The van der Waals surface area contributed by atoms with Gasteiger partial charge in [0.05, 0.1) is 6.61 Å². The van der Waals surface area contributed by atoms with Crippen molar-refractivity contribution in [1.82, 2.24) is 4.90 Å². The minimum Gasteiger partial charge on any atom is -0.493 e. The lowest BCUT2D eigenvalue weighted by molar-refractivity contribution is 0.160. The van der Waals surface area contributed by atoms with E-state index in [0.717, 1.165) is 18.3 Å². The van der Waals surface area contributed by atoms with E-state index in [9.17, 15) is 0 Å². The number of nitrogens with zero attached hydrogens (tertiary/aromatic N) is 1. The number of hydrogen-bond acceptors (Lipinski definition) is 2. The van der Waals surface area contributed by atoms with Gasteiger partial charge in [-0.3, -0.25) is 0 Å². The third-order valence-corrected chi connectivity index (χ3v) is 3.07. The van der Waals surface area contributed by atoms with Crippen molar-refractivity contribution in [2.24, 2.45) is 5.92 Å². The molecule has 0 radical (unpaired) electrons. The number of likely N-dealkylation sites (tertiary alicyclic amines) is 1. The van der Waals surface area contributed by atoms with E-state index >= 15 is 0 Å². The smallest absolute Gasteiger partial charge is 0.119 e. The summed E-state index contributed by atoms with van der Waals surface area (Å²) >= 11 is 0. The van der Waals surface area contributed by atoms with Crippen LogP contribution in [0.25, 0.3) is 0 Å². The van der Waals surface area contributed by atoms with Crippen molar-refractivity contribution in [3.63, 3.8) is 0 Å². The summed E-state index contributed by atoms with van der Waals surface area (Å²) in [6.45, 7) is 3.30. The highest BCUT2D eigenvalue weighted by atomic mass is 16.5. The second kappa shape index (κ2) is 5.17. The van der Waals surface area contributed by atoms with Gasteiger partial charge in [-0.15, -0.1) is 0 Å². The molecule has 1 fully saturated rings. The highest BCUT2D eigenvalue weighted by Crippen LogP contribution is 2.18. The van der Waals surface area contributed by atoms with E-state index in [0.29, 0.717) is 0 Å². The van der Waals surface area contributed by atoms with Gasteiger partial charge in [0.1, 0.15) is 5.75 Å². The van der Waals surface area contributed by atoms with E-state index in [4.69, 9.17) is 4.74 Å². The molecule has 0 aromatic heterocycles. The third kappa shape index (κ3) is 3.24. The zero-order valence-electron chi connectivity index (χ0n) is 9.36. The van der Waals surface area contributed by atoms with Crippen LogP contribution in [0, 0.1) is 5.92 Å². The Morgan fingerprint density at radius 3 is 2.53 bits per heavy atom. The molecule has 0 atom stereocenters. The van der Waals surface area contributed by atoms with Gasteiger partial charge in [-0.05, 0) is 51.0 Å². The Hall–Kier alpha value is -1.02. The molecule has 0 bridgehead atoms. The third-order valence-electron chi connectivity index (χ3n) is 3.07. The fraction of sp³-hybridized carbons (Fsp3) is 0.538. The first-order chi connectivity index (χ1) is 7.34. The molecule has 0 spiro atoms. The van der Waals surface area contributed by atoms with Crippen molar-refractivity contribution in [2.45, 2.75) is 12.8 Å². The first-order valence-corrected chi connectivity index (χ1v) is 5.71. The highest BCUT2D eigenvalue weighted by Gasteiger charge is 2.16. The Bertz CT molecular complexity index is 278. The van der Waals surface area contributed by atoms with E-state index in [-0.39, 0.29) is 0 Å². The lowest BCUT2D eigenvalue weighted by atomic mass is 9.98. The summed E-state index contributed by atoms with van der Waals surface area (Å²) in [7, 11) is 2.19. The number of para-hydroxylation sites is 1. The second-order valence-corrected chi connectivity index (χ2v) is 4.37. The Morgan fingerprint density at radius 2 is 1.87 bits per heavy atom. The summed E-state index contributed by atoms with van der Waals surface area (Å²) in [5, 5.41) is 0. The number of piperidine rings is 1. The largest absolute Gasteiger partial charge is 0.493 e. The molecule has 2 nitrogen and oxygen atoms in total. The summed E-state index contributed by atoms with van der Waals surface area (Å²) in [6, 6.07) is 10.1. The topological polar surface area (TPSA) is 12.5 Å². The molecular formula is C13H19NO. The lowest BCUT2D eigenvalue weighted by Gasteiger charge is -2.28. The summed E-state index contributed by atoms with van der Waals surface area (Å²) in [6.07, 6.45) is 2.53. The average molecular weight is 205 g/mol. The molecule has 2 heteroatoms. The van der Waals surface area contributed by atoms with E-state index < -0.39 is 0 Å². The van der Waals surface area contributed by atoms with Crippen LogP contribution in [0.4, 0.5) is 0 Å². The SMILES string of the molecule is CN1CCC(COc2ccccc2)CC1. The molecule has 1 aliphatic heterocycles. The maximum Gasteiger partial charge on any atom is 0.119 e. The monoisotopic (exact) mass is 205 g/mol. The van der Waals surface area contributed by atoms with Crippen LogP contribution < -0.4 is 4.74 Å². The van der Waals surface area contributed by atoms with Crippen LogP contribution >= 0.6 is 0 Å². The maximum absolute atomic E-state index is 5.76. The zero-order chi connectivity index (χ0) is 10.5. The Balaban J connectivity index is 1.74. The predicted octanol–water partition coefficient (Wildman–Crippen LogP) is 2.41. The van der Waals surface area contributed by atoms with Crippen LogP contribution in [0.3, 0.4) is 0 Å². The molecule has 15 heavy (non-hydrogen) atoms. The number of ether oxygens (including phenoxy) is 1. The van der Waals surface area contributed by atoms with Gasteiger partial charge in [0, 0.05) is 0 Å². The standard InChI is InChI=1S/C13H19NO/c1-14-9-7-12(8-10-14)11-15-13-5-3-2-4-6-13/h2-6,12H,7-11H2,1H3.